The number of hydrogen-bond acceptors (Lipinski definition) is 3. The van der Waals surface area contributed by atoms with Crippen LogP contribution in [0.25, 0.3) is 0 Å². The zero-order chi connectivity index (χ0) is 13.4. The molecule has 0 heterocycles. The first kappa shape index (κ1) is 14.5. The molecule has 100 valence electrons. The molecule has 18 heavy (non-hydrogen) atoms. The Morgan fingerprint density at radius 3 is 2.72 bits per heavy atom. The molecule has 4 nitrogen and oxygen atoms in total. The smallest absolute Gasteiger partial charge is 0.170 e. The van der Waals surface area contributed by atoms with Gasteiger partial charge in [-0.3, -0.25) is 0 Å². The maximum atomic E-state index is 8.77. The van der Waals surface area contributed by atoms with E-state index in [9.17, 15) is 0 Å². The molecule has 0 fully saturated rings. The second-order valence-electron chi connectivity index (χ2n) is 4.59. The third-order valence-electron chi connectivity index (χ3n) is 2.98. The van der Waals surface area contributed by atoms with Crippen LogP contribution in [-0.4, -0.2) is 29.5 Å². The predicted molar refractivity (Wildman–Crippen MR) is 74.8 cm³/mol. The van der Waals surface area contributed by atoms with Crippen molar-refractivity contribution >= 4 is 5.84 Å². The molecule has 0 amide bonds. The molecular formula is C14H23N3O. The highest BCUT2D eigenvalue weighted by atomic mass is 16.4. The molecule has 4 heteroatoms. The fourth-order valence-electron chi connectivity index (χ4n) is 1.96. The molecule has 0 saturated carbocycles. The predicted octanol–water partition coefficient (Wildman–Crippen LogP) is 2.40. The summed E-state index contributed by atoms with van der Waals surface area (Å²) in [7, 11) is 2.10. The summed E-state index contributed by atoms with van der Waals surface area (Å²) in [5.74, 6) is 0.174. The Bertz CT molecular complexity index is 390. The standard InChI is InChI=1S/C14H23N3O/c1-3-4-7-10-17(2)11-12-8-5-6-9-13(12)14(15)16-18/h5-6,8-9,18H,3-4,7,10-11H2,1-2H3,(H2,15,16). The van der Waals surface area contributed by atoms with Crippen LogP contribution in [0, 0.1) is 0 Å². The number of oxime groups is 1. The number of hydrogen-bond donors (Lipinski definition) is 2. The number of amidine groups is 1. The van der Waals surface area contributed by atoms with Crippen molar-refractivity contribution in [2.24, 2.45) is 10.9 Å². The van der Waals surface area contributed by atoms with Gasteiger partial charge in [-0.15, -0.1) is 0 Å². The molecule has 0 bridgehead atoms. The van der Waals surface area contributed by atoms with Crippen molar-refractivity contribution in [3.8, 4) is 0 Å². The van der Waals surface area contributed by atoms with Crippen LogP contribution < -0.4 is 5.73 Å². The van der Waals surface area contributed by atoms with Gasteiger partial charge in [0.2, 0.25) is 0 Å². The fourth-order valence-corrected chi connectivity index (χ4v) is 1.96. The van der Waals surface area contributed by atoms with E-state index in [4.69, 9.17) is 10.9 Å². The minimum atomic E-state index is 0.174. The quantitative estimate of drug-likeness (QED) is 0.256. The zero-order valence-corrected chi connectivity index (χ0v) is 11.3. The molecule has 0 atom stereocenters. The van der Waals surface area contributed by atoms with E-state index < -0.39 is 0 Å². The van der Waals surface area contributed by atoms with E-state index in [1.165, 1.54) is 19.3 Å². The molecule has 1 aromatic rings. The van der Waals surface area contributed by atoms with Crippen molar-refractivity contribution in [2.45, 2.75) is 32.7 Å². The van der Waals surface area contributed by atoms with Crippen LogP contribution in [0.2, 0.25) is 0 Å². The number of nitrogens with two attached hydrogens (primary N) is 1. The largest absolute Gasteiger partial charge is 0.409 e. The molecule has 0 unspecified atom stereocenters. The molecule has 0 spiro atoms. The van der Waals surface area contributed by atoms with Crippen molar-refractivity contribution in [3.05, 3.63) is 35.4 Å². The van der Waals surface area contributed by atoms with Gasteiger partial charge in [-0.25, -0.2) is 0 Å². The minimum absolute atomic E-state index is 0.174. The third-order valence-corrected chi connectivity index (χ3v) is 2.98. The number of nitrogens with zero attached hydrogens (tertiary/aromatic N) is 2. The zero-order valence-electron chi connectivity index (χ0n) is 11.3. The maximum absolute atomic E-state index is 8.77. The molecular weight excluding hydrogens is 226 g/mol. The second kappa shape index (κ2) is 7.71. The Hall–Kier alpha value is -1.55. The minimum Gasteiger partial charge on any atom is -0.409 e. The number of benzene rings is 1. The van der Waals surface area contributed by atoms with Gasteiger partial charge in [0, 0.05) is 12.1 Å². The van der Waals surface area contributed by atoms with E-state index in [1.54, 1.807) is 0 Å². The summed E-state index contributed by atoms with van der Waals surface area (Å²) in [5, 5.41) is 11.8. The van der Waals surface area contributed by atoms with Crippen LogP contribution in [0.1, 0.15) is 37.3 Å². The van der Waals surface area contributed by atoms with E-state index in [-0.39, 0.29) is 5.84 Å². The lowest BCUT2D eigenvalue weighted by atomic mass is 10.1. The molecule has 1 aromatic carbocycles. The van der Waals surface area contributed by atoms with E-state index >= 15 is 0 Å². The van der Waals surface area contributed by atoms with Gasteiger partial charge in [0.1, 0.15) is 0 Å². The lowest BCUT2D eigenvalue weighted by Gasteiger charge is -2.18. The summed E-state index contributed by atoms with van der Waals surface area (Å²) < 4.78 is 0. The SMILES string of the molecule is CCCCCN(C)Cc1ccccc1/C(N)=N/O. The van der Waals surface area contributed by atoms with Gasteiger partial charge in [0.05, 0.1) is 0 Å². The first-order valence-corrected chi connectivity index (χ1v) is 6.43. The van der Waals surface area contributed by atoms with E-state index in [2.05, 4.69) is 24.0 Å². The lowest BCUT2D eigenvalue weighted by molar-refractivity contribution is 0.315. The highest BCUT2D eigenvalue weighted by Gasteiger charge is 2.08. The van der Waals surface area contributed by atoms with Crippen LogP contribution in [0.5, 0.6) is 0 Å². The molecule has 0 radical (unpaired) electrons. The van der Waals surface area contributed by atoms with Gasteiger partial charge in [0.15, 0.2) is 5.84 Å². The average Bonchev–Trinajstić information content (AvgIpc) is 2.39. The highest BCUT2D eigenvalue weighted by molar-refractivity contribution is 5.98. The molecule has 0 aliphatic rings. The van der Waals surface area contributed by atoms with Crippen molar-refractivity contribution in [3.63, 3.8) is 0 Å². The summed E-state index contributed by atoms with van der Waals surface area (Å²) in [6, 6.07) is 7.77. The topological polar surface area (TPSA) is 61.8 Å². The monoisotopic (exact) mass is 249 g/mol. The average molecular weight is 249 g/mol. The van der Waals surface area contributed by atoms with Gasteiger partial charge >= 0.3 is 0 Å². The van der Waals surface area contributed by atoms with Crippen LogP contribution in [0.4, 0.5) is 0 Å². The lowest BCUT2D eigenvalue weighted by Crippen LogP contribution is -2.22. The van der Waals surface area contributed by atoms with Crippen LogP contribution >= 0.6 is 0 Å². The maximum Gasteiger partial charge on any atom is 0.170 e. The summed E-state index contributed by atoms with van der Waals surface area (Å²) in [6.07, 6.45) is 3.69. The normalized spacial score (nSPS) is 12.1. The Morgan fingerprint density at radius 2 is 2.06 bits per heavy atom. The van der Waals surface area contributed by atoms with Crippen LogP contribution in [0.15, 0.2) is 29.4 Å². The molecule has 0 saturated heterocycles. The Balaban J connectivity index is 2.66. The Kier molecular flexibility index (Phi) is 6.22. The van der Waals surface area contributed by atoms with Gasteiger partial charge in [-0.1, -0.05) is 49.2 Å². The van der Waals surface area contributed by atoms with Crippen molar-refractivity contribution in [1.82, 2.24) is 4.90 Å². The van der Waals surface area contributed by atoms with Crippen molar-refractivity contribution in [1.29, 1.82) is 0 Å². The Morgan fingerprint density at radius 1 is 1.33 bits per heavy atom. The van der Waals surface area contributed by atoms with Gasteiger partial charge < -0.3 is 15.8 Å². The number of rotatable bonds is 7. The fraction of sp³-hybridized carbons (Fsp3) is 0.500. The van der Waals surface area contributed by atoms with Crippen molar-refractivity contribution < 1.29 is 5.21 Å². The van der Waals surface area contributed by atoms with E-state index in [1.807, 2.05) is 24.3 Å². The highest BCUT2D eigenvalue weighted by Crippen LogP contribution is 2.11. The van der Waals surface area contributed by atoms with Gasteiger partial charge in [-0.2, -0.15) is 0 Å². The third kappa shape index (κ3) is 4.37. The summed E-state index contributed by atoms with van der Waals surface area (Å²) >= 11 is 0. The Labute approximate surface area is 109 Å². The van der Waals surface area contributed by atoms with Crippen molar-refractivity contribution in [2.75, 3.05) is 13.6 Å². The summed E-state index contributed by atoms with van der Waals surface area (Å²) in [4.78, 5) is 2.26. The van der Waals surface area contributed by atoms with Gasteiger partial charge in [-0.05, 0) is 25.6 Å². The van der Waals surface area contributed by atoms with Crippen LogP contribution in [-0.2, 0) is 6.54 Å². The summed E-state index contributed by atoms with van der Waals surface area (Å²) in [6.45, 7) is 4.09. The molecule has 3 N–H and O–H groups in total. The van der Waals surface area contributed by atoms with Gasteiger partial charge in [0.25, 0.3) is 0 Å². The van der Waals surface area contributed by atoms with E-state index in [0.29, 0.717) is 0 Å². The summed E-state index contributed by atoms with van der Waals surface area (Å²) in [5.41, 5.74) is 7.57. The number of unbranched alkanes of at least 4 members (excludes halogenated alkanes) is 2. The van der Waals surface area contributed by atoms with E-state index in [0.717, 1.165) is 24.2 Å². The van der Waals surface area contributed by atoms with Crippen LogP contribution in [0.3, 0.4) is 0 Å². The first-order chi connectivity index (χ1) is 8.69. The first-order valence-electron chi connectivity index (χ1n) is 6.43. The molecule has 0 aromatic heterocycles. The molecule has 1 rings (SSSR count). The molecule has 0 aliphatic heterocycles. The molecule has 0 aliphatic carbocycles. The second-order valence-corrected chi connectivity index (χ2v) is 4.59.